The molecule has 4 heteroatoms. The SMILES string of the molecule is CN(C)[C@H]1C[C@@]23CC[C@@]4(O2)C(=CCC2(C)C(=O)CC[C@H]24)C=C3C[C@@H]1O. The third-order valence-electron chi connectivity index (χ3n) is 8.13. The number of fused-ring (bicyclic) bond motifs is 1. The Labute approximate surface area is 149 Å². The number of aliphatic hydroxyl groups excluding tert-OH is 1. The fourth-order valence-electron chi connectivity index (χ4n) is 6.67. The number of nitrogens with zero attached hydrogens (tertiary/aromatic N) is 1. The lowest BCUT2D eigenvalue weighted by Crippen LogP contribution is -2.57. The summed E-state index contributed by atoms with van der Waals surface area (Å²) in [6.07, 6.45) is 10.4. The molecule has 136 valence electrons. The molecule has 2 heterocycles. The summed E-state index contributed by atoms with van der Waals surface area (Å²) in [5.41, 5.74) is 1.85. The molecule has 2 spiro atoms. The highest BCUT2D eigenvalue weighted by Crippen LogP contribution is 2.65. The molecule has 4 nitrogen and oxygen atoms in total. The first-order chi connectivity index (χ1) is 11.8. The number of allylic oxidation sites excluding steroid dienone is 1. The van der Waals surface area contributed by atoms with Crippen LogP contribution in [0.2, 0.25) is 0 Å². The summed E-state index contributed by atoms with van der Waals surface area (Å²) >= 11 is 0. The maximum absolute atomic E-state index is 12.6. The molecule has 3 fully saturated rings. The van der Waals surface area contributed by atoms with Crippen molar-refractivity contribution in [2.75, 3.05) is 14.1 Å². The predicted molar refractivity (Wildman–Crippen MR) is 95.1 cm³/mol. The smallest absolute Gasteiger partial charge is 0.139 e. The van der Waals surface area contributed by atoms with E-state index in [1.807, 2.05) is 14.1 Å². The lowest BCUT2D eigenvalue weighted by molar-refractivity contribution is -0.154. The highest BCUT2D eigenvalue weighted by atomic mass is 16.5. The number of carbonyl (C=O) groups excluding carboxylic acids is 1. The molecule has 5 aliphatic rings. The number of aliphatic hydroxyl groups is 1. The molecule has 3 aliphatic carbocycles. The molecule has 2 bridgehead atoms. The Hall–Kier alpha value is -0.970. The fraction of sp³-hybridized carbons (Fsp3) is 0.762. The van der Waals surface area contributed by atoms with Gasteiger partial charge < -0.3 is 14.7 Å². The van der Waals surface area contributed by atoms with E-state index in [1.54, 1.807) is 0 Å². The molecule has 0 aromatic rings. The van der Waals surface area contributed by atoms with Crippen molar-refractivity contribution in [1.29, 1.82) is 0 Å². The van der Waals surface area contributed by atoms with Crippen LogP contribution in [0, 0.1) is 11.3 Å². The summed E-state index contributed by atoms with van der Waals surface area (Å²) < 4.78 is 7.01. The predicted octanol–water partition coefficient (Wildman–Crippen LogP) is 2.61. The van der Waals surface area contributed by atoms with E-state index in [9.17, 15) is 9.90 Å². The van der Waals surface area contributed by atoms with Gasteiger partial charge in [-0.2, -0.15) is 0 Å². The third kappa shape index (κ3) is 1.86. The average Bonchev–Trinajstić information content (AvgIpc) is 3.04. The first-order valence-corrected chi connectivity index (χ1v) is 9.80. The minimum atomic E-state index is -0.328. The number of ether oxygens (including phenoxy) is 1. The molecule has 0 radical (unpaired) electrons. The van der Waals surface area contributed by atoms with Gasteiger partial charge in [0, 0.05) is 23.8 Å². The van der Waals surface area contributed by atoms with Crippen LogP contribution in [0.3, 0.4) is 0 Å². The van der Waals surface area contributed by atoms with Crippen LogP contribution < -0.4 is 0 Å². The number of hydrogen-bond acceptors (Lipinski definition) is 4. The van der Waals surface area contributed by atoms with Crippen molar-refractivity contribution in [3.8, 4) is 0 Å². The van der Waals surface area contributed by atoms with Gasteiger partial charge >= 0.3 is 0 Å². The second-order valence-electron chi connectivity index (χ2n) is 9.46. The Morgan fingerprint density at radius 3 is 2.88 bits per heavy atom. The molecule has 0 aromatic carbocycles. The number of likely N-dealkylation sites (N-methyl/N-ethyl adjacent to an activating group) is 1. The molecule has 2 saturated carbocycles. The van der Waals surface area contributed by atoms with Crippen LogP contribution in [0.1, 0.15) is 51.9 Å². The molecule has 1 N–H and O–H groups in total. The summed E-state index contributed by atoms with van der Waals surface area (Å²) in [5, 5.41) is 10.6. The highest BCUT2D eigenvalue weighted by Gasteiger charge is 2.67. The Kier molecular flexibility index (Phi) is 3.14. The van der Waals surface area contributed by atoms with Gasteiger partial charge in [0.15, 0.2) is 0 Å². The Morgan fingerprint density at radius 1 is 1.32 bits per heavy atom. The lowest BCUT2D eigenvalue weighted by atomic mass is 9.61. The maximum atomic E-state index is 12.6. The van der Waals surface area contributed by atoms with Gasteiger partial charge in [0.2, 0.25) is 0 Å². The summed E-state index contributed by atoms with van der Waals surface area (Å²) in [4.78, 5) is 14.7. The second kappa shape index (κ2) is 4.85. The van der Waals surface area contributed by atoms with Crippen molar-refractivity contribution >= 4 is 5.78 Å². The number of ketones is 1. The second-order valence-corrected chi connectivity index (χ2v) is 9.46. The van der Waals surface area contributed by atoms with Gasteiger partial charge in [-0.15, -0.1) is 0 Å². The van der Waals surface area contributed by atoms with E-state index < -0.39 is 0 Å². The lowest BCUT2D eigenvalue weighted by Gasteiger charge is -2.54. The Balaban J connectivity index is 1.60. The summed E-state index contributed by atoms with van der Waals surface area (Å²) in [7, 11) is 4.09. The summed E-state index contributed by atoms with van der Waals surface area (Å²) in [6.45, 7) is 2.16. The molecule has 5 rings (SSSR count). The monoisotopic (exact) mass is 343 g/mol. The van der Waals surface area contributed by atoms with Crippen molar-refractivity contribution in [1.82, 2.24) is 4.90 Å². The van der Waals surface area contributed by atoms with Crippen LogP contribution >= 0.6 is 0 Å². The minimum Gasteiger partial charge on any atom is -0.391 e. The molecule has 1 unspecified atom stereocenters. The van der Waals surface area contributed by atoms with E-state index in [2.05, 4.69) is 24.0 Å². The zero-order chi connectivity index (χ0) is 17.6. The van der Waals surface area contributed by atoms with Gasteiger partial charge in [-0.3, -0.25) is 4.79 Å². The van der Waals surface area contributed by atoms with Gasteiger partial charge in [0.1, 0.15) is 5.78 Å². The topological polar surface area (TPSA) is 49.8 Å². The van der Waals surface area contributed by atoms with Crippen molar-refractivity contribution in [3.05, 3.63) is 23.3 Å². The third-order valence-corrected chi connectivity index (χ3v) is 8.13. The first-order valence-electron chi connectivity index (χ1n) is 9.80. The summed E-state index contributed by atoms with van der Waals surface area (Å²) in [6, 6.07) is 0.137. The van der Waals surface area contributed by atoms with Crippen molar-refractivity contribution in [2.45, 2.75) is 75.2 Å². The van der Waals surface area contributed by atoms with E-state index in [0.717, 1.165) is 32.1 Å². The number of hydrogen-bond donors (Lipinski definition) is 1. The van der Waals surface area contributed by atoms with Crippen LogP contribution in [0.5, 0.6) is 0 Å². The minimum absolute atomic E-state index is 0.137. The zero-order valence-corrected chi connectivity index (χ0v) is 15.5. The van der Waals surface area contributed by atoms with E-state index in [0.29, 0.717) is 24.5 Å². The molecule has 25 heavy (non-hydrogen) atoms. The molecule has 0 aromatic heterocycles. The van der Waals surface area contributed by atoms with Crippen molar-refractivity contribution in [2.24, 2.45) is 11.3 Å². The van der Waals surface area contributed by atoms with Gasteiger partial charge in [0.05, 0.1) is 17.3 Å². The number of Topliss-reactive ketones (excluding diaryl/α,β-unsaturated/α-hetero) is 1. The maximum Gasteiger partial charge on any atom is 0.139 e. The van der Waals surface area contributed by atoms with E-state index in [1.165, 1.54) is 11.1 Å². The Morgan fingerprint density at radius 2 is 2.12 bits per heavy atom. The normalized spacial score (nSPS) is 50.9. The van der Waals surface area contributed by atoms with Crippen molar-refractivity contribution in [3.63, 3.8) is 0 Å². The fourth-order valence-corrected chi connectivity index (χ4v) is 6.67. The number of rotatable bonds is 1. The highest BCUT2D eigenvalue weighted by molar-refractivity contribution is 5.88. The molecule has 6 atom stereocenters. The van der Waals surface area contributed by atoms with Gasteiger partial charge in [0.25, 0.3) is 0 Å². The molecule has 0 amide bonds. The number of carbonyl (C=O) groups is 1. The van der Waals surface area contributed by atoms with Crippen molar-refractivity contribution < 1.29 is 14.6 Å². The zero-order valence-electron chi connectivity index (χ0n) is 15.5. The van der Waals surface area contributed by atoms with E-state index >= 15 is 0 Å². The molecule has 2 aliphatic heterocycles. The quantitative estimate of drug-likeness (QED) is 0.795. The van der Waals surface area contributed by atoms with Crippen LogP contribution in [-0.4, -0.2) is 53.2 Å². The van der Waals surface area contributed by atoms with Crippen LogP contribution in [-0.2, 0) is 9.53 Å². The molecular formula is C21H29NO3. The van der Waals surface area contributed by atoms with Crippen LogP contribution in [0.4, 0.5) is 0 Å². The van der Waals surface area contributed by atoms with Crippen LogP contribution in [0.25, 0.3) is 0 Å². The first kappa shape index (κ1) is 16.2. The average molecular weight is 343 g/mol. The molecular weight excluding hydrogens is 314 g/mol. The van der Waals surface area contributed by atoms with Gasteiger partial charge in [-0.05, 0) is 63.8 Å². The van der Waals surface area contributed by atoms with E-state index in [-0.39, 0.29) is 28.8 Å². The van der Waals surface area contributed by atoms with Gasteiger partial charge in [-0.1, -0.05) is 19.1 Å². The molecule has 1 saturated heterocycles. The largest absolute Gasteiger partial charge is 0.391 e. The standard InChI is InChI=1S/C21H29NO3/c1-19-7-6-13-10-14-11-16(23)15(22(2)3)12-20(14)8-9-21(13,25-20)17(19)4-5-18(19)24/h6,10,15-17,23H,4-5,7-9,11-12H2,1-3H3/t15-,16-,17+,19?,20+,21+/m0/s1. The summed E-state index contributed by atoms with van der Waals surface area (Å²) in [5.74, 6) is 0.737. The van der Waals surface area contributed by atoms with E-state index in [4.69, 9.17) is 4.74 Å². The van der Waals surface area contributed by atoms with Gasteiger partial charge in [-0.25, -0.2) is 0 Å². The Bertz CT molecular complexity index is 710. The van der Waals surface area contributed by atoms with Crippen LogP contribution in [0.15, 0.2) is 23.3 Å².